The number of hydrogen-bond donors (Lipinski definition) is 1. The van der Waals surface area contributed by atoms with Crippen LogP contribution in [0, 0.1) is 19.3 Å². The van der Waals surface area contributed by atoms with Gasteiger partial charge in [0.2, 0.25) is 5.91 Å². The van der Waals surface area contributed by atoms with Crippen LogP contribution >= 0.6 is 0 Å². The molecule has 116 valence electrons. The van der Waals surface area contributed by atoms with Gasteiger partial charge in [0.15, 0.2) is 0 Å². The van der Waals surface area contributed by atoms with Crippen LogP contribution in [-0.2, 0) is 10.2 Å². The number of ether oxygens (including phenoxy) is 1. The molecule has 0 saturated carbocycles. The summed E-state index contributed by atoms with van der Waals surface area (Å²) in [7, 11) is 1.64. The van der Waals surface area contributed by atoms with E-state index in [0.29, 0.717) is 12.8 Å². The third kappa shape index (κ3) is 2.27. The lowest BCUT2D eigenvalue weighted by atomic mass is 9.70. The van der Waals surface area contributed by atoms with Crippen molar-refractivity contribution in [2.45, 2.75) is 25.2 Å². The van der Waals surface area contributed by atoms with E-state index in [-0.39, 0.29) is 5.91 Å². The fraction of sp³-hybridized carbons (Fsp3) is 0.250. The molecule has 3 rings (SSSR count). The van der Waals surface area contributed by atoms with Crippen LogP contribution in [-0.4, -0.2) is 13.0 Å². The van der Waals surface area contributed by atoms with Crippen LogP contribution in [0.2, 0.25) is 0 Å². The van der Waals surface area contributed by atoms with Crippen LogP contribution in [0.3, 0.4) is 0 Å². The number of methoxy groups -OCH3 is 1. The Labute approximate surface area is 136 Å². The van der Waals surface area contributed by atoms with Gasteiger partial charge in [0.25, 0.3) is 0 Å². The normalized spacial score (nSPS) is 18.9. The lowest BCUT2D eigenvalue weighted by Gasteiger charge is -2.29. The fourth-order valence-electron chi connectivity index (χ4n) is 3.47. The maximum absolute atomic E-state index is 13.0. The summed E-state index contributed by atoms with van der Waals surface area (Å²) in [5.41, 5.74) is 3.13. The van der Waals surface area contributed by atoms with Crippen molar-refractivity contribution >= 4 is 11.6 Å². The Morgan fingerprint density at radius 2 is 2.00 bits per heavy atom. The molecule has 0 fully saturated rings. The van der Waals surface area contributed by atoms with Crippen molar-refractivity contribution in [3.63, 3.8) is 0 Å². The first kappa shape index (κ1) is 15.2. The SMILES string of the molecule is C#CCCC1(c2ccc(OC)cc2C)C(=O)Nc2ccccc21. The number of aryl methyl sites for hydroxylation is 1. The fourth-order valence-corrected chi connectivity index (χ4v) is 3.47. The molecule has 1 unspecified atom stereocenters. The Morgan fingerprint density at radius 1 is 1.22 bits per heavy atom. The third-order valence-corrected chi connectivity index (χ3v) is 4.56. The number of carbonyl (C=O) groups is 1. The van der Waals surface area contributed by atoms with E-state index in [0.717, 1.165) is 28.1 Å². The quantitative estimate of drug-likeness (QED) is 0.876. The lowest BCUT2D eigenvalue weighted by Crippen LogP contribution is -2.36. The Morgan fingerprint density at radius 3 is 2.70 bits per heavy atom. The highest BCUT2D eigenvalue weighted by molar-refractivity contribution is 6.09. The predicted molar refractivity (Wildman–Crippen MR) is 91.6 cm³/mol. The molecule has 23 heavy (non-hydrogen) atoms. The van der Waals surface area contributed by atoms with E-state index in [9.17, 15) is 4.79 Å². The van der Waals surface area contributed by atoms with E-state index in [1.165, 1.54) is 0 Å². The molecule has 0 radical (unpaired) electrons. The number of rotatable bonds is 4. The summed E-state index contributed by atoms with van der Waals surface area (Å²) in [5, 5.41) is 3.01. The summed E-state index contributed by atoms with van der Waals surface area (Å²) in [6.07, 6.45) is 6.61. The number of terminal acetylenes is 1. The largest absolute Gasteiger partial charge is 0.497 e. The smallest absolute Gasteiger partial charge is 0.239 e. The lowest BCUT2D eigenvalue weighted by molar-refractivity contribution is -0.119. The zero-order valence-corrected chi connectivity index (χ0v) is 13.3. The number of para-hydroxylation sites is 1. The molecule has 1 amide bonds. The molecule has 1 aliphatic rings. The molecule has 2 aromatic rings. The van der Waals surface area contributed by atoms with Gasteiger partial charge in [-0.05, 0) is 48.2 Å². The average molecular weight is 305 g/mol. The Bertz CT molecular complexity index is 804. The first-order valence-electron chi connectivity index (χ1n) is 7.63. The maximum atomic E-state index is 13.0. The standard InChI is InChI=1S/C20H19NO2/c1-4-5-12-20(16-11-10-15(23-3)13-14(16)2)17-8-6-7-9-18(17)21-19(20)22/h1,6-11,13H,5,12H2,2-3H3,(H,21,22). The molecule has 0 bridgehead atoms. The molecule has 1 atom stereocenters. The minimum atomic E-state index is -0.737. The molecule has 0 aromatic heterocycles. The van der Waals surface area contributed by atoms with Gasteiger partial charge in [-0.1, -0.05) is 24.3 Å². The summed E-state index contributed by atoms with van der Waals surface area (Å²) in [6, 6.07) is 13.7. The molecule has 3 nitrogen and oxygen atoms in total. The number of nitrogens with one attached hydrogen (secondary N) is 1. The van der Waals surface area contributed by atoms with Crippen molar-refractivity contribution in [1.29, 1.82) is 0 Å². The van der Waals surface area contributed by atoms with Crippen LogP contribution in [0.5, 0.6) is 5.75 Å². The topological polar surface area (TPSA) is 38.3 Å². The predicted octanol–water partition coefficient (Wildman–Crippen LogP) is 3.66. The minimum absolute atomic E-state index is 0.0118. The van der Waals surface area contributed by atoms with Crippen molar-refractivity contribution in [1.82, 2.24) is 0 Å². The minimum Gasteiger partial charge on any atom is -0.497 e. The van der Waals surface area contributed by atoms with Crippen LogP contribution in [0.4, 0.5) is 5.69 Å². The average Bonchev–Trinajstić information content (AvgIpc) is 2.85. The van der Waals surface area contributed by atoms with Crippen molar-refractivity contribution < 1.29 is 9.53 Å². The summed E-state index contributed by atoms with van der Waals surface area (Å²) in [4.78, 5) is 13.0. The Kier molecular flexibility index (Phi) is 3.83. The Hall–Kier alpha value is -2.73. The van der Waals surface area contributed by atoms with Crippen molar-refractivity contribution in [2.75, 3.05) is 12.4 Å². The van der Waals surface area contributed by atoms with Crippen molar-refractivity contribution in [3.8, 4) is 18.1 Å². The molecule has 3 heteroatoms. The molecular formula is C20H19NO2. The van der Waals surface area contributed by atoms with Crippen LogP contribution < -0.4 is 10.1 Å². The number of anilines is 1. The third-order valence-electron chi connectivity index (χ3n) is 4.56. The van der Waals surface area contributed by atoms with Gasteiger partial charge in [0.1, 0.15) is 11.2 Å². The van der Waals surface area contributed by atoms with Crippen LogP contribution in [0.15, 0.2) is 42.5 Å². The van der Waals surface area contributed by atoms with E-state index in [4.69, 9.17) is 11.2 Å². The van der Waals surface area contributed by atoms with Gasteiger partial charge in [0, 0.05) is 12.1 Å². The maximum Gasteiger partial charge on any atom is 0.239 e. The van der Waals surface area contributed by atoms with Gasteiger partial charge >= 0.3 is 0 Å². The first-order chi connectivity index (χ1) is 11.1. The zero-order valence-electron chi connectivity index (χ0n) is 13.3. The first-order valence-corrected chi connectivity index (χ1v) is 7.63. The molecule has 0 aliphatic carbocycles. The number of fused-ring (bicyclic) bond motifs is 1. The monoisotopic (exact) mass is 305 g/mol. The number of benzene rings is 2. The summed E-state index contributed by atoms with van der Waals surface area (Å²) >= 11 is 0. The highest BCUT2D eigenvalue weighted by Gasteiger charge is 2.48. The summed E-state index contributed by atoms with van der Waals surface area (Å²) in [6.45, 7) is 2.00. The van der Waals surface area contributed by atoms with E-state index < -0.39 is 5.41 Å². The van der Waals surface area contributed by atoms with E-state index in [2.05, 4.69) is 11.2 Å². The van der Waals surface area contributed by atoms with E-state index in [1.807, 2.05) is 49.4 Å². The van der Waals surface area contributed by atoms with Crippen LogP contribution in [0.1, 0.15) is 29.5 Å². The molecule has 1 aliphatic heterocycles. The van der Waals surface area contributed by atoms with Crippen molar-refractivity contribution in [2.24, 2.45) is 0 Å². The number of amides is 1. The van der Waals surface area contributed by atoms with Gasteiger partial charge in [-0.15, -0.1) is 12.3 Å². The summed E-state index contributed by atoms with van der Waals surface area (Å²) in [5.74, 6) is 3.45. The van der Waals surface area contributed by atoms with Gasteiger partial charge in [0.05, 0.1) is 7.11 Å². The van der Waals surface area contributed by atoms with E-state index >= 15 is 0 Å². The highest BCUT2D eigenvalue weighted by atomic mass is 16.5. The zero-order chi connectivity index (χ0) is 16.4. The molecule has 1 N–H and O–H groups in total. The molecule has 0 spiro atoms. The molecular weight excluding hydrogens is 286 g/mol. The number of carbonyl (C=O) groups excluding carboxylic acids is 1. The van der Waals surface area contributed by atoms with E-state index in [1.54, 1.807) is 7.11 Å². The second-order valence-electron chi connectivity index (χ2n) is 5.79. The van der Waals surface area contributed by atoms with Gasteiger partial charge < -0.3 is 10.1 Å². The van der Waals surface area contributed by atoms with Gasteiger partial charge in [-0.3, -0.25) is 4.79 Å². The summed E-state index contributed by atoms with van der Waals surface area (Å²) < 4.78 is 5.29. The van der Waals surface area contributed by atoms with Crippen LogP contribution in [0.25, 0.3) is 0 Å². The molecule has 2 aromatic carbocycles. The van der Waals surface area contributed by atoms with Crippen molar-refractivity contribution in [3.05, 3.63) is 59.2 Å². The second-order valence-corrected chi connectivity index (χ2v) is 5.79. The second kappa shape index (κ2) is 5.81. The number of hydrogen-bond acceptors (Lipinski definition) is 2. The Balaban J connectivity index is 2.23. The molecule has 1 heterocycles. The van der Waals surface area contributed by atoms with Gasteiger partial charge in [-0.2, -0.15) is 0 Å². The molecule has 0 saturated heterocycles. The highest BCUT2D eigenvalue weighted by Crippen LogP contribution is 2.47. The van der Waals surface area contributed by atoms with Gasteiger partial charge in [-0.25, -0.2) is 0 Å².